The minimum atomic E-state index is 0.0427. The highest BCUT2D eigenvalue weighted by molar-refractivity contribution is 5.76. The molecular formula is C21H20N2O2. The van der Waals surface area contributed by atoms with E-state index in [1.165, 1.54) is 11.1 Å². The Morgan fingerprint density at radius 3 is 2.80 bits per heavy atom. The number of rotatable bonds is 5. The van der Waals surface area contributed by atoms with E-state index in [-0.39, 0.29) is 11.9 Å². The molecule has 0 unspecified atom stereocenters. The summed E-state index contributed by atoms with van der Waals surface area (Å²) in [7, 11) is 0. The highest BCUT2D eigenvalue weighted by Crippen LogP contribution is 2.30. The van der Waals surface area contributed by atoms with Gasteiger partial charge in [0.2, 0.25) is 5.91 Å². The van der Waals surface area contributed by atoms with E-state index < -0.39 is 0 Å². The van der Waals surface area contributed by atoms with Crippen LogP contribution in [0.1, 0.15) is 35.9 Å². The Balaban J connectivity index is 1.33. The second-order valence-electron chi connectivity index (χ2n) is 6.34. The summed E-state index contributed by atoms with van der Waals surface area (Å²) < 4.78 is 5.76. The van der Waals surface area contributed by atoms with Gasteiger partial charge in [0.1, 0.15) is 0 Å². The number of aryl methyl sites for hydroxylation is 2. The normalized spacial score (nSPS) is 15.8. The number of nitrogens with zero attached hydrogens (tertiary/aromatic N) is 1. The molecule has 4 nitrogen and oxygen atoms in total. The van der Waals surface area contributed by atoms with Gasteiger partial charge in [-0.05, 0) is 24.0 Å². The Hall–Kier alpha value is -2.88. The van der Waals surface area contributed by atoms with Crippen molar-refractivity contribution in [1.29, 1.82) is 0 Å². The van der Waals surface area contributed by atoms with Gasteiger partial charge in [-0.25, -0.2) is 4.98 Å². The number of aromatic nitrogens is 1. The van der Waals surface area contributed by atoms with Crippen molar-refractivity contribution in [2.75, 3.05) is 0 Å². The highest BCUT2D eigenvalue weighted by atomic mass is 16.4. The monoisotopic (exact) mass is 332 g/mol. The van der Waals surface area contributed by atoms with Crippen LogP contribution >= 0.6 is 0 Å². The summed E-state index contributed by atoms with van der Waals surface area (Å²) in [5.41, 5.74) is 3.58. The standard InChI is InChI=1S/C21H20N2O2/c24-20(23-18-11-10-15-6-4-5-9-17(15)18)12-13-21-22-14-19(25-21)16-7-2-1-3-8-16/h1-9,14,18H,10-13H2,(H,23,24)/t18-/m1/s1. The van der Waals surface area contributed by atoms with E-state index in [2.05, 4.69) is 28.5 Å². The molecule has 25 heavy (non-hydrogen) atoms. The second kappa shape index (κ2) is 6.93. The molecule has 1 aliphatic carbocycles. The van der Waals surface area contributed by atoms with Crippen LogP contribution in [0.3, 0.4) is 0 Å². The zero-order valence-electron chi connectivity index (χ0n) is 13.9. The Morgan fingerprint density at radius 1 is 1.12 bits per heavy atom. The molecule has 0 fully saturated rings. The van der Waals surface area contributed by atoms with Gasteiger partial charge in [-0.2, -0.15) is 0 Å². The average molecular weight is 332 g/mol. The number of fused-ring (bicyclic) bond motifs is 1. The maximum Gasteiger partial charge on any atom is 0.220 e. The maximum atomic E-state index is 12.3. The summed E-state index contributed by atoms with van der Waals surface area (Å²) in [5.74, 6) is 1.38. The summed E-state index contributed by atoms with van der Waals surface area (Å²) in [5, 5.41) is 3.14. The lowest BCUT2D eigenvalue weighted by Gasteiger charge is -2.13. The van der Waals surface area contributed by atoms with Crippen LogP contribution < -0.4 is 5.32 Å². The van der Waals surface area contributed by atoms with Crippen molar-refractivity contribution in [2.24, 2.45) is 0 Å². The quantitative estimate of drug-likeness (QED) is 0.766. The first kappa shape index (κ1) is 15.6. The van der Waals surface area contributed by atoms with Crippen LogP contribution in [0.15, 0.2) is 65.2 Å². The van der Waals surface area contributed by atoms with E-state index in [4.69, 9.17) is 4.42 Å². The summed E-state index contributed by atoms with van der Waals surface area (Å²) in [6.07, 6.45) is 4.61. The molecule has 4 heteroatoms. The number of hydrogen-bond acceptors (Lipinski definition) is 3. The van der Waals surface area contributed by atoms with E-state index in [9.17, 15) is 4.79 Å². The fraction of sp³-hybridized carbons (Fsp3) is 0.238. The van der Waals surface area contributed by atoms with E-state index in [0.29, 0.717) is 18.7 Å². The largest absolute Gasteiger partial charge is 0.441 e. The zero-order chi connectivity index (χ0) is 17.1. The number of carbonyl (C=O) groups is 1. The fourth-order valence-corrected chi connectivity index (χ4v) is 3.36. The van der Waals surface area contributed by atoms with Crippen LogP contribution in [0.25, 0.3) is 11.3 Å². The van der Waals surface area contributed by atoms with Gasteiger partial charge in [0.25, 0.3) is 0 Å². The average Bonchev–Trinajstić information content (AvgIpc) is 3.28. The van der Waals surface area contributed by atoms with Gasteiger partial charge in [0.15, 0.2) is 11.7 Å². The molecule has 0 saturated heterocycles. The van der Waals surface area contributed by atoms with Crippen LogP contribution in [0, 0.1) is 0 Å². The van der Waals surface area contributed by atoms with Gasteiger partial charge in [0.05, 0.1) is 12.2 Å². The van der Waals surface area contributed by atoms with E-state index in [1.807, 2.05) is 36.4 Å². The minimum Gasteiger partial charge on any atom is -0.441 e. The van der Waals surface area contributed by atoms with E-state index in [0.717, 1.165) is 24.2 Å². The zero-order valence-corrected chi connectivity index (χ0v) is 13.9. The lowest BCUT2D eigenvalue weighted by molar-refractivity contribution is -0.121. The first-order chi connectivity index (χ1) is 12.3. The lowest BCUT2D eigenvalue weighted by Crippen LogP contribution is -2.27. The number of carbonyl (C=O) groups excluding carboxylic acids is 1. The van der Waals surface area contributed by atoms with Gasteiger partial charge in [-0.1, -0.05) is 54.6 Å². The molecule has 1 atom stereocenters. The molecule has 1 aromatic heterocycles. The van der Waals surface area contributed by atoms with Crippen molar-refractivity contribution in [3.05, 3.63) is 77.8 Å². The molecule has 1 aliphatic rings. The lowest BCUT2D eigenvalue weighted by atomic mass is 10.1. The predicted octanol–water partition coefficient (Wildman–Crippen LogP) is 4.08. The first-order valence-corrected chi connectivity index (χ1v) is 8.67. The molecule has 1 heterocycles. The fourth-order valence-electron chi connectivity index (χ4n) is 3.36. The number of nitrogens with one attached hydrogen (secondary N) is 1. The van der Waals surface area contributed by atoms with Gasteiger partial charge in [-0.15, -0.1) is 0 Å². The number of hydrogen-bond donors (Lipinski definition) is 1. The molecule has 0 bridgehead atoms. The van der Waals surface area contributed by atoms with Crippen molar-refractivity contribution in [2.45, 2.75) is 31.7 Å². The first-order valence-electron chi connectivity index (χ1n) is 8.67. The molecule has 0 spiro atoms. The van der Waals surface area contributed by atoms with Crippen LogP contribution in [0.5, 0.6) is 0 Å². The van der Waals surface area contributed by atoms with Gasteiger partial charge in [0, 0.05) is 18.4 Å². The van der Waals surface area contributed by atoms with Crippen molar-refractivity contribution < 1.29 is 9.21 Å². The third-order valence-electron chi connectivity index (χ3n) is 4.65. The SMILES string of the molecule is O=C(CCc1ncc(-c2ccccc2)o1)N[C@@H]1CCc2ccccc21. The van der Waals surface area contributed by atoms with Crippen LogP contribution in [-0.4, -0.2) is 10.9 Å². The molecule has 0 aliphatic heterocycles. The number of benzene rings is 2. The second-order valence-corrected chi connectivity index (χ2v) is 6.34. The molecule has 3 aromatic rings. The van der Waals surface area contributed by atoms with Gasteiger partial charge in [-0.3, -0.25) is 4.79 Å². The topological polar surface area (TPSA) is 55.1 Å². The molecule has 1 amide bonds. The summed E-state index contributed by atoms with van der Waals surface area (Å²) in [6, 6.07) is 18.3. The van der Waals surface area contributed by atoms with E-state index >= 15 is 0 Å². The Kier molecular flexibility index (Phi) is 4.34. The maximum absolute atomic E-state index is 12.3. The van der Waals surface area contributed by atoms with Crippen molar-refractivity contribution in [1.82, 2.24) is 10.3 Å². The third-order valence-corrected chi connectivity index (χ3v) is 4.65. The van der Waals surface area contributed by atoms with E-state index in [1.54, 1.807) is 6.20 Å². The Morgan fingerprint density at radius 2 is 1.92 bits per heavy atom. The Labute approximate surface area is 146 Å². The summed E-state index contributed by atoms with van der Waals surface area (Å²) in [6.45, 7) is 0. The van der Waals surface area contributed by atoms with Crippen molar-refractivity contribution in [3.63, 3.8) is 0 Å². The molecule has 0 saturated carbocycles. The van der Waals surface area contributed by atoms with Crippen molar-refractivity contribution in [3.8, 4) is 11.3 Å². The summed E-state index contributed by atoms with van der Waals surface area (Å²) in [4.78, 5) is 16.6. The van der Waals surface area contributed by atoms with Crippen LogP contribution in [0.2, 0.25) is 0 Å². The molecule has 1 N–H and O–H groups in total. The minimum absolute atomic E-state index is 0.0427. The van der Waals surface area contributed by atoms with Gasteiger partial charge < -0.3 is 9.73 Å². The summed E-state index contributed by atoms with van der Waals surface area (Å²) >= 11 is 0. The van der Waals surface area contributed by atoms with Gasteiger partial charge >= 0.3 is 0 Å². The number of oxazole rings is 1. The Bertz CT molecular complexity index is 870. The van der Waals surface area contributed by atoms with Crippen LogP contribution in [0.4, 0.5) is 0 Å². The van der Waals surface area contributed by atoms with Crippen LogP contribution in [-0.2, 0) is 17.6 Å². The number of amides is 1. The molecule has 4 rings (SSSR count). The molecule has 126 valence electrons. The predicted molar refractivity (Wildman–Crippen MR) is 95.9 cm³/mol. The van der Waals surface area contributed by atoms with Crippen molar-refractivity contribution >= 4 is 5.91 Å². The molecular weight excluding hydrogens is 312 g/mol. The smallest absolute Gasteiger partial charge is 0.220 e. The molecule has 2 aromatic carbocycles. The third kappa shape index (κ3) is 3.48. The molecule has 0 radical (unpaired) electrons. The highest BCUT2D eigenvalue weighted by Gasteiger charge is 2.23.